The van der Waals surface area contributed by atoms with Crippen LogP contribution < -0.4 is 5.32 Å². The highest BCUT2D eigenvalue weighted by Gasteiger charge is 2.23. The summed E-state index contributed by atoms with van der Waals surface area (Å²) in [7, 11) is 0. The van der Waals surface area contributed by atoms with Crippen LogP contribution in [0.4, 0.5) is 5.69 Å². The summed E-state index contributed by atoms with van der Waals surface area (Å²) in [4.78, 5) is 38.0. The van der Waals surface area contributed by atoms with Gasteiger partial charge in [-0.15, -0.1) is 11.3 Å². The van der Waals surface area contributed by atoms with Crippen LogP contribution in [-0.4, -0.2) is 64.3 Å². The maximum Gasteiger partial charge on any atom is 0.238 e. The minimum atomic E-state index is -0.0250. The topological polar surface area (TPSA) is 78.4 Å². The Morgan fingerprint density at radius 3 is 2.62 bits per heavy atom. The molecular weight excluding hydrogens is 422 g/mol. The van der Waals surface area contributed by atoms with Crippen molar-refractivity contribution in [3.63, 3.8) is 0 Å². The van der Waals surface area contributed by atoms with E-state index in [1.165, 1.54) is 11.3 Å². The molecule has 1 N–H and O–H groups in total. The summed E-state index contributed by atoms with van der Waals surface area (Å²) in [6.45, 7) is 6.97. The van der Waals surface area contributed by atoms with Crippen molar-refractivity contribution in [1.82, 2.24) is 19.8 Å². The van der Waals surface area contributed by atoms with E-state index in [4.69, 9.17) is 0 Å². The van der Waals surface area contributed by atoms with E-state index in [0.717, 1.165) is 33.2 Å². The number of hydrogen-bond acceptors (Lipinski definition) is 6. The fourth-order valence-corrected chi connectivity index (χ4v) is 4.49. The number of hydrogen-bond donors (Lipinski definition) is 1. The molecule has 3 aromatic rings. The predicted molar refractivity (Wildman–Crippen MR) is 127 cm³/mol. The minimum Gasteiger partial charge on any atom is -0.340 e. The van der Waals surface area contributed by atoms with E-state index in [9.17, 15) is 9.59 Å². The lowest BCUT2D eigenvalue weighted by atomic mass is 10.1. The normalized spacial score (nSPS) is 14.4. The quantitative estimate of drug-likeness (QED) is 0.626. The average Bonchev–Trinajstić information content (AvgIpc) is 3.26. The Morgan fingerprint density at radius 1 is 1.06 bits per heavy atom. The summed E-state index contributed by atoms with van der Waals surface area (Å²) in [6.07, 6.45) is 2.03. The van der Waals surface area contributed by atoms with Crippen molar-refractivity contribution in [3.8, 4) is 10.7 Å². The molecular formula is C24H27N5O2S. The number of rotatable bonds is 6. The average molecular weight is 450 g/mol. The highest BCUT2D eigenvalue weighted by molar-refractivity contribution is 7.13. The number of benzene rings is 1. The fraction of sp³-hybridized carbons (Fsp3) is 0.333. The van der Waals surface area contributed by atoms with Gasteiger partial charge < -0.3 is 10.2 Å². The highest BCUT2D eigenvalue weighted by atomic mass is 32.1. The number of anilines is 1. The maximum absolute atomic E-state index is 12.7. The number of thiazole rings is 1. The third-order valence-corrected chi connectivity index (χ3v) is 6.65. The monoisotopic (exact) mass is 449 g/mol. The summed E-state index contributed by atoms with van der Waals surface area (Å²) in [5.74, 6) is 0.0466. The summed E-state index contributed by atoms with van der Waals surface area (Å²) in [5, 5.41) is 5.76. The fourth-order valence-electron chi connectivity index (χ4n) is 3.70. The van der Waals surface area contributed by atoms with Crippen molar-refractivity contribution in [2.24, 2.45) is 0 Å². The first-order valence-electron chi connectivity index (χ1n) is 10.7. The summed E-state index contributed by atoms with van der Waals surface area (Å²) < 4.78 is 0. The number of amides is 2. The second kappa shape index (κ2) is 10.0. The van der Waals surface area contributed by atoms with Gasteiger partial charge in [0.1, 0.15) is 5.01 Å². The first-order chi connectivity index (χ1) is 15.5. The van der Waals surface area contributed by atoms with Crippen LogP contribution in [0.1, 0.15) is 16.8 Å². The molecule has 4 rings (SSSR count). The van der Waals surface area contributed by atoms with Crippen LogP contribution >= 0.6 is 11.3 Å². The molecule has 32 heavy (non-hydrogen) atoms. The summed E-state index contributed by atoms with van der Waals surface area (Å²) in [6, 6.07) is 11.6. The number of piperazine rings is 1. The molecule has 0 spiro atoms. The van der Waals surface area contributed by atoms with Gasteiger partial charge in [-0.2, -0.15) is 0 Å². The summed E-state index contributed by atoms with van der Waals surface area (Å²) >= 11 is 1.50. The van der Waals surface area contributed by atoms with Crippen molar-refractivity contribution in [3.05, 3.63) is 64.8 Å². The lowest BCUT2D eigenvalue weighted by molar-refractivity contribution is -0.132. The molecule has 166 valence electrons. The number of carbonyl (C=O) groups is 2. The Kier molecular flexibility index (Phi) is 6.92. The molecule has 0 unspecified atom stereocenters. The Bertz CT molecular complexity index is 1090. The van der Waals surface area contributed by atoms with Crippen LogP contribution in [0.2, 0.25) is 0 Å². The Hall–Kier alpha value is -3.10. The predicted octanol–water partition coefficient (Wildman–Crippen LogP) is 3.15. The standard InChI is InChI=1S/C24H27N5O2S/c1-17-6-5-8-20(18(17)2)27-22(30)15-28-10-12-29(13-11-28)23(31)14-19-16-32-24(26-19)21-7-3-4-9-25-21/h3-9,16H,10-15H2,1-2H3,(H,27,30). The number of aromatic nitrogens is 2. The lowest BCUT2D eigenvalue weighted by Crippen LogP contribution is -2.50. The molecule has 8 heteroatoms. The van der Waals surface area contributed by atoms with Gasteiger partial charge >= 0.3 is 0 Å². The van der Waals surface area contributed by atoms with Crippen LogP contribution in [0.3, 0.4) is 0 Å². The van der Waals surface area contributed by atoms with Crippen molar-refractivity contribution >= 4 is 28.8 Å². The molecule has 7 nitrogen and oxygen atoms in total. The minimum absolute atomic E-state index is 0.0250. The summed E-state index contributed by atoms with van der Waals surface area (Å²) in [5.41, 5.74) is 4.70. The molecule has 1 aromatic carbocycles. The van der Waals surface area contributed by atoms with Gasteiger partial charge in [0.15, 0.2) is 0 Å². The number of nitrogens with one attached hydrogen (secondary N) is 1. The smallest absolute Gasteiger partial charge is 0.238 e. The number of nitrogens with zero attached hydrogens (tertiary/aromatic N) is 4. The molecule has 0 aliphatic carbocycles. The molecule has 1 saturated heterocycles. The first-order valence-corrected chi connectivity index (χ1v) is 11.6. The third-order valence-electron chi connectivity index (χ3n) is 5.74. The maximum atomic E-state index is 12.7. The van der Waals surface area contributed by atoms with Crippen molar-refractivity contribution in [2.45, 2.75) is 20.3 Å². The largest absolute Gasteiger partial charge is 0.340 e. The number of carbonyl (C=O) groups excluding carboxylic acids is 2. The van der Waals surface area contributed by atoms with E-state index in [1.807, 2.05) is 60.5 Å². The van der Waals surface area contributed by atoms with Gasteiger partial charge in [0, 0.05) is 43.4 Å². The second-order valence-corrected chi connectivity index (χ2v) is 8.85. The lowest BCUT2D eigenvalue weighted by Gasteiger charge is -2.34. The van der Waals surface area contributed by atoms with Crippen molar-refractivity contribution < 1.29 is 9.59 Å². The van der Waals surface area contributed by atoms with E-state index < -0.39 is 0 Å². The highest BCUT2D eigenvalue weighted by Crippen LogP contribution is 2.22. The van der Waals surface area contributed by atoms with Crippen LogP contribution in [0, 0.1) is 13.8 Å². The van der Waals surface area contributed by atoms with Crippen LogP contribution in [0.5, 0.6) is 0 Å². The molecule has 3 heterocycles. The van der Waals surface area contributed by atoms with Crippen molar-refractivity contribution in [2.75, 3.05) is 38.0 Å². The molecule has 2 amide bonds. The zero-order valence-electron chi connectivity index (χ0n) is 18.4. The second-order valence-electron chi connectivity index (χ2n) is 7.99. The van der Waals surface area contributed by atoms with Gasteiger partial charge in [-0.25, -0.2) is 4.98 Å². The molecule has 0 bridgehead atoms. The van der Waals surface area contributed by atoms with Gasteiger partial charge in [-0.1, -0.05) is 18.2 Å². The van der Waals surface area contributed by atoms with E-state index in [1.54, 1.807) is 6.20 Å². The van der Waals surface area contributed by atoms with Gasteiger partial charge in [0.05, 0.1) is 24.4 Å². The molecule has 0 atom stereocenters. The number of pyridine rings is 1. The zero-order chi connectivity index (χ0) is 22.5. The Morgan fingerprint density at radius 2 is 1.88 bits per heavy atom. The molecule has 1 fully saturated rings. The zero-order valence-corrected chi connectivity index (χ0v) is 19.2. The molecule has 0 radical (unpaired) electrons. The Labute approximate surface area is 192 Å². The van der Waals surface area contributed by atoms with E-state index in [-0.39, 0.29) is 18.2 Å². The third kappa shape index (κ3) is 5.38. The number of aryl methyl sites for hydroxylation is 1. The molecule has 1 aliphatic rings. The Balaban J connectivity index is 1.24. The van der Waals surface area contributed by atoms with Gasteiger partial charge in [0.2, 0.25) is 11.8 Å². The van der Waals surface area contributed by atoms with Crippen LogP contribution in [0.25, 0.3) is 10.7 Å². The SMILES string of the molecule is Cc1cccc(NC(=O)CN2CCN(C(=O)Cc3csc(-c4ccccn4)n3)CC2)c1C. The van der Waals surface area contributed by atoms with Gasteiger partial charge in [0.25, 0.3) is 0 Å². The van der Waals surface area contributed by atoms with Gasteiger partial charge in [-0.05, 0) is 43.2 Å². The van der Waals surface area contributed by atoms with Crippen LogP contribution in [0.15, 0.2) is 48.0 Å². The molecule has 0 saturated carbocycles. The molecule has 2 aromatic heterocycles. The van der Waals surface area contributed by atoms with E-state index in [0.29, 0.717) is 32.7 Å². The molecule has 1 aliphatic heterocycles. The first kappa shape index (κ1) is 22.1. The van der Waals surface area contributed by atoms with E-state index >= 15 is 0 Å². The van der Waals surface area contributed by atoms with Crippen LogP contribution in [-0.2, 0) is 16.0 Å². The van der Waals surface area contributed by atoms with Gasteiger partial charge in [-0.3, -0.25) is 19.5 Å². The van der Waals surface area contributed by atoms with E-state index in [2.05, 4.69) is 20.2 Å². The van der Waals surface area contributed by atoms with Crippen molar-refractivity contribution in [1.29, 1.82) is 0 Å².